The predicted molar refractivity (Wildman–Crippen MR) is 72.1 cm³/mol. The lowest BCUT2D eigenvalue weighted by Crippen LogP contribution is -1.73. The lowest BCUT2D eigenvalue weighted by Gasteiger charge is -1.98. The van der Waals surface area contributed by atoms with E-state index in [4.69, 9.17) is 11.6 Å². The van der Waals surface area contributed by atoms with Crippen LogP contribution in [0.3, 0.4) is 0 Å². The maximum atomic E-state index is 5.31. The molecule has 0 saturated carbocycles. The highest BCUT2D eigenvalue weighted by molar-refractivity contribution is 6.21. The minimum atomic E-state index is 0.0231. The van der Waals surface area contributed by atoms with Crippen molar-refractivity contribution >= 4 is 11.6 Å². The largest absolute Gasteiger partial charge is 0.353 e. The molecule has 0 spiro atoms. The van der Waals surface area contributed by atoms with Crippen molar-refractivity contribution in [1.29, 1.82) is 0 Å². The minimum absolute atomic E-state index is 0.0231. The highest BCUT2D eigenvalue weighted by Gasteiger charge is 2.30. The van der Waals surface area contributed by atoms with E-state index in [0.29, 0.717) is 6.10 Å². The molecule has 1 aliphatic heterocycles. The van der Waals surface area contributed by atoms with E-state index in [2.05, 4.69) is 53.3 Å². The number of hydrogen-bond donors (Lipinski definition) is 0. The van der Waals surface area contributed by atoms with Gasteiger partial charge in [-0.05, 0) is 18.1 Å². The molecular weight excluding hydrogens is 232 g/mol. The van der Waals surface area contributed by atoms with Crippen molar-refractivity contribution in [3.63, 3.8) is 0 Å². The Morgan fingerprint density at radius 1 is 0.824 bits per heavy atom. The molecule has 1 saturated heterocycles. The molecule has 1 fully saturated rings. The Kier molecular flexibility index (Phi) is 4.18. The Balaban J connectivity index is 0.000000181. The lowest BCUT2D eigenvalue weighted by atomic mass is 10.1. The fourth-order valence-corrected chi connectivity index (χ4v) is 1.58. The van der Waals surface area contributed by atoms with Gasteiger partial charge in [-0.2, -0.15) is 0 Å². The summed E-state index contributed by atoms with van der Waals surface area (Å²) in [6, 6.07) is 20.8. The van der Waals surface area contributed by atoms with Crippen LogP contribution in [0, 0.1) is 0 Å². The van der Waals surface area contributed by atoms with E-state index in [9.17, 15) is 0 Å². The molecule has 0 bridgehead atoms. The van der Waals surface area contributed by atoms with Gasteiger partial charge in [0.25, 0.3) is 0 Å². The molecule has 0 aliphatic carbocycles. The van der Waals surface area contributed by atoms with Crippen molar-refractivity contribution in [1.82, 2.24) is 0 Å². The van der Waals surface area contributed by atoms with Crippen molar-refractivity contribution < 1.29 is 4.74 Å². The quantitative estimate of drug-likeness (QED) is 0.539. The molecule has 2 heteroatoms. The first-order valence-electron chi connectivity index (χ1n) is 5.67. The van der Waals surface area contributed by atoms with E-state index in [1.165, 1.54) is 11.1 Å². The van der Waals surface area contributed by atoms with Gasteiger partial charge >= 0.3 is 0 Å². The van der Waals surface area contributed by atoms with Gasteiger partial charge in [0, 0.05) is 0 Å². The summed E-state index contributed by atoms with van der Waals surface area (Å²) in [5.74, 6) is 0. The molecule has 1 aliphatic rings. The van der Waals surface area contributed by atoms with Gasteiger partial charge < -0.3 is 4.74 Å². The Hall–Kier alpha value is -1.31. The summed E-state index contributed by atoms with van der Waals surface area (Å²) in [7, 11) is 0. The van der Waals surface area contributed by atoms with Gasteiger partial charge in [-0.3, -0.25) is 0 Å². The average Bonchev–Trinajstić information content (AvgIpc) is 3.05. The summed E-state index contributed by atoms with van der Waals surface area (Å²) >= 11 is 5.31. The van der Waals surface area contributed by atoms with Crippen molar-refractivity contribution in [2.45, 2.75) is 18.6 Å². The monoisotopic (exact) mass is 246 g/mol. The molecule has 2 aromatic rings. The third-order valence-corrected chi connectivity index (χ3v) is 2.98. The molecule has 2 atom stereocenters. The van der Waals surface area contributed by atoms with Gasteiger partial charge in [0.15, 0.2) is 5.56 Å². The topological polar surface area (TPSA) is 12.5 Å². The summed E-state index contributed by atoms with van der Waals surface area (Å²) in [6.07, 6.45) is 0.316. The molecule has 0 aromatic heterocycles. The number of hydrogen-bond acceptors (Lipinski definition) is 1. The molecule has 0 radical (unpaired) electrons. The first kappa shape index (κ1) is 12.2. The summed E-state index contributed by atoms with van der Waals surface area (Å²) in [5.41, 5.74) is 2.58. The van der Waals surface area contributed by atoms with Crippen molar-refractivity contribution in [2.75, 3.05) is 0 Å². The molecule has 2 unspecified atom stereocenters. The average molecular weight is 247 g/mol. The van der Waals surface area contributed by atoms with E-state index in [1.807, 2.05) is 19.1 Å². The van der Waals surface area contributed by atoms with Crippen molar-refractivity contribution in [2.24, 2.45) is 0 Å². The van der Waals surface area contributed by atoms with Crippen LogP contribution in [0.5, 0.6) is 0 Å². The second-order valence-electron chi connectivity index (χ2n) is 3.92. The van der Waals surface area contributed by atoms with Crippen LogP contribution in [0.25, 0.3) is 11.1 Å². The molecule has 17 heavy (non-hydrogen) atoms. The van der Waals surface area contributed by atoms with E-state index >= 15 is 0 Å². The molecule has 88 valence electrons. The van der Waals surface area contributed by atoms with Gasteiger partial charge in [0.2, 0.25) is 0 Å². The van der Waals surface area contributed by atoms with Crippen LogP contribution in [0.15, 0.2) is 60.7 Å². The number of epoxide rings is 1. The van der Waals surface area contributed by atoms with Crippen LogP contribution >= 0.6 is 11.6 Å². The van der Waals surface area contributed by atoms with Gasteiger partial charge in [0.05, 0.1) is 6.10 Å². The Labute approximate surface area is 107 Å². The fraction of sp³-hybridized carbons (Fsp3) is 0.200. The van der Waals surface area contributed by atoms with Gasteiger partial charge in [-0.15, -0.1) is 0 Å². The minimum Gasteiger partial charge on any atom is -0.353 e. The first-order valence-corrected chi connectivity index (χ1v) is 6.11. The summed E-state index contributed by atoms with van der Waals surface area (Å²) < 4.78 is 4.68. The highest BCUT2D eigenvalue weighted by atomic mass is 35.5. The lowest BCUT2D eigenvalue weighted by molar-refractivity contribution is 0.411. The van der Waals surface area contributed by atoms with Crippen LogP contribution in [-0.2, 0) is 4.74 Å². The second kappa shape index (κ2) is 5.85. The number of alkyl halides is 1. The van der Waals surface area contributed by atoms with Crippen molar-refractivity contribution in [3.8, 4) is 11.1 Å². The van der Waals surface area contributed by atoms with Crippen LogP contribution in [-0.4, -0.2) is 11.7 Å². The predicted octanol–water partition coefficient (Wildman–Crippen LogP) is 4.32. The van der Waals surface area contributed by atoms with E-state index < -0.39 is 0 Å². The maximum Gasteiger partial charge on any atom is 0.157 e. The fourth-order valence-electron chi connectivity index (χ4n) is 1.42. The van der Waals surface area contributed by atoms with Crippen LogP contribution in [0.4, 0.5) is 0 Å². The summed E-state index contributed by atoms with van der Waals surface area (Å²) in [4.78, 5) is 0. The normalized spacial score (nSPS) is 21.3. The SMILES string of the molecule is CC1OC1Cl.c1ccc(-c2ccccc2)cc1. The highest BCUT2D eigenvalue weighted by Crippen LogP contribution is 2.23. The number of halogens is 1. The zero-order valence-electron chi connectivity index (χ0n) is 9.71. The molecular formula is C15H15ClO. The standard InChI is InChI=1S/C12H10.C3H5ClO/c1-3-7-11(8-4-1)12-9-5-2-6-10-12;1-2-3(4)5-2/h1-10H;2-3H,1H3. The summed E-state index contributed by atoms with van der Waals surface area (Å²) in [6.45, 7) is 1.94. The Morgan fingerprint density at radius 3 is 1.35 bits per heavy atom. The number of rotatable bonds is 1. The summed E-state index contributed by atoms with van der Waals surface area (Å²) in [5, 5.41) is 0. The van der Waals surface area contributed by atoms with Gasteiger partial charge in [0.1, 0.15) is 0 Å². The third kappa shape index (κ3) is 3.88. The third-order valence-electron chi connectivity index (χ3n) is 2.52. The number of ether oxygens (including phenoxy) is 1. The van der Waals surface area contributed by atoms with Gasteiger partial charge in [-0.25, -0.2) is 0 Å². The van der Waals surface area contributed by atoms with E-state index in [1.54, 1.807) is 0 Å². The van der Waals surface area contributed by atoms with Gasteiger partial charge in [-0.1, -0.05) is 72.3 Å². The van der Waals surface area contributed by atoms with Crippen molar-refractivity contribution in [3.05, 3.63) is 60.7 Å². The zero-order valence-corrected chi connectivity index (χ0v) is 10.5. The van der Waals surface area contributed by atoms with E-state index in [0.717, 1.165) is 0 Å². The molecule has 0 amide bonds. The molecule has 2 aromatic carbocycles. The van der Waals surface area contributed by atoms with E-state index in [-0.39, 0.29) is 5.56 Å². The first-order chi connectivity index (χ1) is 8.27. The molecule has 1 heterocycles. The Morgan fingerprint density at radius 2 is 1.12 bits per heavy atom. The molecule has 0 N–H and O–H groups in total. The van der Waals surface area contributed by atoms with Crippen LogP contribution in [0.1, 0.15) is 6.92 Å². The van der Waals surface area contributed by atoms with Crippen LogP contribution in [0.2, 0.25) is 0 Å². The Bertz CT molecular complexity index is 397. The zero-order chi connectivity index (χ0) is 12.1. The molecule has 3 rings (SSSR count). The molecule has 1 nitrogen and oxygen atoms in total. The smallest absolute Gasteiger partial charge is 0.157 e. The maximum absolute atomic E-state index is 5.31. The van der Waals surface area contributed by atoms with Crippen LogP contribution < -0.4 is 0 Å². The number of benzene rings is 2. The second-order valence-corrected chi connectivity index (χ2v) is 4.35.